The molecule has 0 atom stereocenters. The molecule has 0 saturated carbocycles. The highest BCUT2D eigenvalue weighted by Gasteiger charge is 2.01. The van der Waals surface area contributed by atoms with E-state index in [9.17, 15) is 14.4 Å². The molecule has 0 bridgehead atoms. The molecule has 6 heteroatoms. The summed E-state index contributed by atoms with van der Waals surface area (Å²) in [6, 6.07) is 0. The van der Waals surface area contributed by atoms with Crippen molar-refractivity contribution in [1.82, 2.24) is 0 Å². The summed E-state index contributed by atoms with van der Waals surface area (Å²) in [7, 11) is 1.33. The highest BCUT2D eigenvalue weighted by Crippen LogP contribution is 2.05. The van der Waals surface area contributed by atoms with Gasteiger partial charge in [-0.3, -0.25) is 0 Å². The summed E-state index contributed by atoms with van der Waals surface area (Å²) in [5, 5.41) is 0. The number of rotatable bonds is 13. The molecule has 0 saturated heterocycles. The predicted molar refractivity (Wildman–Crippen MR) is 122 cm³/mol. The Labute approximate surface area is 183 Å². The fourth-order valence-electron chi connectivity index (χ4n) is 1.72. The number of esters is 3. The van der Waals surface area contributed by atoms with Crippen molar-refractivity contribution in [1.29, 1.82) is 0 Å². The molecular weight excluding hydrogens is 384 g/mol. The summed E-state index contributed by atoms with van der Waals surface area (Å²) in [6.45, 7) is 18.7. The number of carbonyl (C=O) groups excluding carboxylic acids is 3. The molecule has 0 heterocycles. The summed E-state index contributed by atoms with van der Waals surface area (Å²) in [5.74, 6) is -0.943. The van der Waals surface area contributed by atoms with Gasteiger partial charge in [0.25, 0.3) is 0 Å². The van der Waals surface area contributed by atoms with Crippen molar-refractivity contribution in [2.75, 3.05) is 20.3 Å². The quantitative estimate of drug-likeness (QED) is 0.162. The Morgan fingerprint density at radius 2 is 1.20 bits per heavy atom. The first-order chi connectivity index (χ1) is 14.2. The first kappa shape index (κ1) is 32.3. The van der Waals surface area contributed by atoms with Gasteiger partial charge in [-0.25, -0.2) is 14.4 Å². The third-order valence-electron chi connectivity index (χ3n) is 3.52. The van der Waals surface area contributed by atoms with Crippen LogP contribution in [0, 0.1) is 0 Å². The summed E-state index contributed by atoms with van der Waals surface area (Å²) in [5.41, 5.74) is 0.915. The monoisotopic (exact) mass is 426 g/mol. The van der Waals surface area contributed by atoms with E-state index in [0.29, 0.717) is 24.4 Å². The lowest BCUT2D eigenvalue weighted by molar-refractivity contribution is -0.139. The van der Waals surface area contributed by atoms with Gasteiger partial charge in [0.2, 0.25) is 0 Å². The van der Waals surface area contributed by atoms with Crippen LogP contribution in [0.3, 0.4) is 0 Å². The van der Waals surface area contributed by atoms with Crippen LogP contribution in [0.15, 0.2) is 37.0 Å². The minimum absolute atomic E-state index is 0.265. The van der Waals surface area contributed by atoms with E-state index in [4.69, 9.17) is 4.74 Å². The Morgan fingerprint density at radius 3 is 1.60 bits per heavy atom. The second-order valence-corrected chi connectivity index (χ2v) is 6.68. The molecule has 0 aliphatic carbocycles. The molecule has 0 rings (SSSR count). The van der Waals surface area contributed by atoms with Gasteiger partial charge in [0.05, 0.1) is 20.3 Å². The fraction of sp³-hybridized carbons (Fsp3) is 0.625. The second kappa shape index (κ2) is 24.7. The number of ether oxygens (including phenoxy) is 3. The number of methoxy groups -OCH3 is 1. The molecule has 0 aromatic rings. The van der Waals surface area contributed by atoms with Gasteiger partial charge >= 0.3 is 17.9 Å². The predicted octanol–water partition coefficient (Wildman–Crippen LogP) is 5.72. The third kappa shape index (κ3) is 27.8. The molecule has 0 unspecified atom stereocenters. The molecule has 0 radical (unpaired) electrons. The summed E-state index contributed by atoms with van der Waals surface area (Å²) in [4.78, 5) is 31.5. The molecule has 0 spiro atoms. The summed E-state index contributed by atoms with van der Waals surface area (Å²) >= 11 is 0. The van der Waals surface area contributed by atoms with Crippen molar-refractivity contribution in [3.8, 4) is 0 Å². The van der Waals surface area contributed by atoms with Crippen molar-refractivity contribution in [2.24, 2.45) is 0 Å². The van der Waals surface area contributed by atoms with Gasteiger partial charge in [0.1, 0.15) is 0 Å². The molecule has 174 valence electrons. The zero-order chi connectivity index (χ0) is 23.8. The van der Waals surface area contributed by atoms with E-state index >= 15 is 0 Å². The average molecular weight is 427 g/mol. The van der Waals surface area contributed by atoms with Crippen molar-refractivity contribution >= 4 is 17.9 Å². The first-order valence-electron chi connectivity index (χ1n) is 10.5. The van der Waals surface area contributed by atoms with Gasteiger partial charge in [-0.15, -0.1) is 0 Å². The van der Waals surface area contributed by atoms with E-state index in [0.717, 1.165) is 25.7 Å². The lowest BCUT2D eigenvalue weighted by Gasteiger charge is -2.03. The molecular formula is C24H42O6. The van der Waals surface area contributed by atoms with Crippen molar-refractivity contribution in [2.45, 2.75) is 79.1 Å². The van der Waals surface area contributed by atoms with E-state index in [2.05, 4.69) is 36.1 Å². The lowest BCUT2D eigenvalue weighted by atomic mass is 10.1. The highest BCUT2D eigenvalue weighted by atomic mass is 16.5. The number of unbranched alkanes of at least 4 members (excludes halogenated alkanes) is 6. The topological polar surface area (TPSA) is 78.9 Å². The molecule has 0 aliphatic rings. The zero-order valence-electron chi connectivity index (χ0n) is 19.7. The largest absolute Gasteiger partial charge is 0.466 e. The first-order valence-corrected chi connectivity index (χ1v) is 10.5. The average Bonchev–Trinajstić information content (AvgIpc) is 2.73. The molecule has 30 heavy (non-hydrogen) atoms. The Bertz CT molecular complexity index is 508. The fourth-order valence-corrected chi connectivity index (χ4v) is 1.72. The van der Waals surface area contributed by atoms with Crippen molar-refractivity contribution in [3.05, 3.63) is 37.0 Å². The maximum atomic E-state index is 11.0. The Balaban J connectivity index is -0.000000393. The smallest absolute Gasteiger partial charge is 0.333 e. The summed E-state index contributed by atoms with van der Waals surface area (Å²) in [6.07, 6.45) is 10.4. The molecule has 0 N–H and O–H groups in total. The van der Waals surface area contributed by atoms with Crippen LogP contribution >= 0.6 is 0 Å². The van der Waals surface area contributed by atoms with E-state index < -0.39 is 0 Å². The Kier molecular flexibility index (Phi) is 26.6. The number of hydrogen-bond donors (Lipinski definition) is 0. The van der Waals surface area contributed by atoms with Crippen LogP contribution < -0.4 is 0 Å². The minimum atomic E-state index is -0.347. The van der Waals surface area contributed by atoms with E-state index in [1.54, 1.807) is 13.8 Å². The number of hydrogen-bond acceptors (Lipinski definition) is 6. The normalized spacial score (nSPS) is 8.97. The molecule has 6 nitrogen and oxygen atoms in total. The van der Waals surface area contributed by atoms with Crippen LogP contribution in [0.1, 0.15) is 79.1 Å². The van der Waals surface area contributed by atoms with E-state index in [1.807, 2.05) is 6.92 Å². The van der Waals surface area contributed by atoms with Gasteiger partial charge < -0.3 is 14.2 Å². The third-order valence-corrected chi connectivity index (χ3v) is 3.52. The van der Waals surface area contributed by atoms with E-state index in [-0.39, 0.29) is 17.9 Å². The molecule has 0 fully saturated rings. The SMILES string of the molecule is C=C(C)C(=O)OC.C=C(C)C(=O)OCCCCCCCC.C=CC(=O)OCCCC. The molecule has 0 amide bonds. The van der Waals surface area contributed by atoms with Gasteiger partial charge in [0, 0.05) is 17.2 Å². The van der Waals surface area contributed by atoms with Crippen LogP contribution in [0.2, 0.25) is 0 Å². The molecule has 0 aliphatic heterocycles. The lowest BCUT2D eigenvalue weighted by Crippen LogP contribution is -2.05. The van der Waals surface area contributed by atoms with E-state index in [1.165, 1.54) is 38.9 Å². The van der Waals surface area contributed by atoms with Gasteiger partial charge in [0.15, 0.2) is 0 Å². The summed E-state index contributed by atoms with van der Waals surface area (Å²) < 4.78 is 13.9. The van der Waals surface area contributed by atoms with Crippen LogP contribution in [-0.4, -0.2) is 38.2 Å². The Morgan fingerprint density at radius 1 is 0.733 bits per heavy atom. The van der Waals surface area contributed by atoms with Crippen molar-refractivity contribution < 1.29 is 28.6 Å². The van der Waals surface area contributed by atoms with Crippen LogP contribution in [-0.2, 0) is 28.6 Å². The van der Waals surface area contributed by atoms with Crippen LogP contribution in [0.4, 0.5) is 0 Å². The zero-order valence-corrected chi connectivity index (χ0v) is 19.7. The van der Waals surface area contributed by atoms with Gasteiger partial charge in [-0.2, -0.15) is 0 Å². The van der Waals surface area contributed by atoms with Crippen LogP contribution in [0.25, 0.3) is 0 Å². The molecule has 0 aromatic carbocycles. The highest BCUT2D eigenvalue weighted by molar-refractivity contribution is 5.87. The standard InChI is InChI=1S/C12H22O2.C7H12O2.C5H8O2/c1-4-5-6-7-8-9-10-14-12(13)11(2)3;1-3-5-6-9-7(8)4-2;1-4(2)5(6)7-3/h2,4-10H2,1,3H3;4H,2-3,5-6H2,1H3;1H2,2-3H3. The van der Waals surface area contributed by atoms with Gasteiger partial charge in [-0.1, -0.05) is 72.1 Å². The maximum absolute atomic E-state index is 11.0. The van der Waals surface area contributed by atoms with Crippen molar-refractivity contribution in [3.63, 3.8) is 0 Å². The molecule has 0 aromatic heterocycles. The second-order valence-electron chi connectivity index (χ2n) is 6.68. The Hall–Kier alpha value is -2.37. The maximum Gasteiger partial charge on any atom is 0.333 e. The number of carbonyl (C=O) groups is 3. The minimum Gasteiger partial charge on any atom is -0.466 e. The van der Waals surface area contributed by atoms with Gasteiger partial charge in [-0.05, 0) is 26.7 Å². The van der Waals surface area contributed by atoms with Crippen LogP contribution in [0.5, 0.6) is 0 Å².